The van der Waals surface area contributed by atoms with Crippen molar-refractivity contribution in [3.8, 4) is 6.07 Å². The number of rotatable bonds is 8. The van der Waals surface area contributed by atoms with Crippen LogP contribution in [0.2, 0.25) is 0 Å². The molecule has 7 heteroatoms. The average molecular weight is 390 g/mol. The van der Waals surface area contributed by atoms with E-state index in [1.807, 2.05) is 32.0 Å². The molecule has 0 aliphatic heterocycles. The molecule has 2 aromatic heterocycles. The predicted molar refractivity (Wildman–Crippen MR) is 113 cm³/mol. The van der Waals surface area contributed by atoms with Gasteiger partial charge < -0.3 is 10.2 Å². The number of hydrogen-bond donors (Lipinski definition) is 1. The van der Waals surface area contributed by atoms with E-state index in [2.05, 4.69) is 45.5 Å². The fraction of sp³-hybridized carbons (Fsp3) is 0.364. The number of para-hydroxylation sites is 1. The summed E-state index contributed by atoms with van der Waals surface area (Å²) in [6.07, 6.45) is 3.40. The Balaban J connectivity index is 1.49. The number of hydrogen-bond acceptors (Lipinski definition) is 5. The number of nitrogens with zero attached hydrogens (tertiary/aromatic N) is 5. The molecule has 0 atom stereocenters. The highest BCUT2D eigenvalue weighted by atomic mass is 16.1. The van der Waals surface area contributed by atoms with Crippen molar-refractivity contribution in [3.05, 3.63) is 59.0 Å². The number of nitriles is 1. The lowest BCUT2D eigenvalue weighted by atomic mass is 10.1. The van der Waals surface area contributed by atoms with Crippen molar-refractivity contribution < 1.29 is 4.79 Å². The monoisotopic (exact) mass is 390 g/mol. The van der Waals surface area contributed by atoms with Gasteiger partial charge in [0.05, 0.1) is 6.20 Å². The van der Waals surface area contributed by atoms with E-state index in [1.54, 1.807) is 4.52 Å². The van der Waals surface area contributed by atoms with Crippen LogP contribution >= 0.6 is 0 Å². The van der Waals surface area contributed by atoms with Crippen molar-refractivity contribution >= 4 is 17.2 Å². The van der Waals surface area contributed by atoms with Gasteiger partial charge in [-0.25, -0.2) is 9.50 Å². The maximum Gasteiger partial charge on any atom is 0.220 e. The maximum absolute atomic E-state index is 12.3. The first-order valence-electron chi connectivity index (χ1n) is 9.78. The van der Waals surface area contributed by atoms with Gasteiger partial charge in [-0.3, -0.25) is 4.79 Å². The van der Waals surface area contributed by atoms with Crippen LogP contribution in [0.25, 0.3) is 5.65 Å². The Morgan fingerprint density at radius 1 is 1.28 bits per heavy atom. The summed E-state index contributed by atoms with van der Waals surface area (Å²) < 4.78 is 1.68. The van der Waals surface area contributed by atoms with E-state index < -0.39 is 0 Å². The number of carbonyl (C=O) groups is 1. The Bertz CT molecular complexity index is 1030. The van der Waals surface area contributed by atoms with E-state index in [0.29, 0.717) is 30.6 Å². The first-order valence-corrected chi connectivity index (χ1v) is 9.78. The van der Waals surface area contributed by atoms with Gasteiger partial charge in [0.25, 0.3) is 0 Å². The molecular weight excluding hydrogens is 364 g/mol. The fourth-order valence-electron chi connectivity index (χ4n) is 3.43. The van der Waals surface area contributed by atoms with Crippen molar-refractivity contribution in [2.75, 3.05) is 25.0 Å². The molecule has 0 bridgehead atoms. The van der Waals surface area contributed by atoms with Crippen molar-refractivity contribution in [3.63, 3.8) is 0 Å². The van der Waals surface area contributed by atoms with E-state index in [0.717, 1.165) is 29.9 Å². The van der Waals surface area contributed by atoms with Crippen LogP contribution in [0.15, 0.2) is 36.5 Å². The second-order valence-electron chi connectivity index (χ2n) is 7.13. The standard InChI is InChI=1S/C22H26N6O/c1-16-20(17(2)28-22(26-16)18(14-23)15-25-28)10-11-21(29)24-12-7-13-27(3)19-8-5-4-6-9-19/h4-6,8-9,15H,7,10-13H2,1-3H3,(H,24,29). The Kier molecular flexibility index (Phi) is 6.45. The summed E-state index contributed by atoms with van der Waals surface area (Å²) in [4.78, 5) is 18.9. The smallest absolute Gasteiger partial charge is 0.220 e. The van der Waals surface area contributed by atoms with Gasteiger partial charge in [-0.1, -0.05) is 18.2 Å². The Hall–Kier alpha value is -3.40. The van der Waals surface area contributed by atoms with Crippen LogP contribution in [-0.2, 0) is 11.2 Å². The first-order chi connectivity index (χ1) is 14.0. The number of aromatic nitrogens is 3. The van der Waals surface area contributed by atoms with E-state index in [9.17, 15) is 4.79 Å². The molecule has 0 aliphatic rings. The van der Waals surface area contributed by atoms with Crippen molar-refractivity contribution in [1.82, 2.24) is 19.9 Å². The topological polar surface area (TPSA) is 86.3 Å². The van der Waals surface area contributed by atoms with Crippen LogP contribution in [0.5, 0.6) is 0 Å². The minimum Gasteiger partial charge on any atom is -0.375 e. The lowest BCUT2D eigenvalue weighted by molar-refractivity contribution is -0.121. The Labute approximate surface area is 171 Å². The Morgan fingerprint density at radius 2 is 2.03 bits per heavy atom. The highest BCUT2D eigenvalue weighted by Gasteiger charge is 2.14. The summed E-state index contributed by atoms with van der Waals surface area (Å²) in [6, 6.07) is 12.3. The van der Waals surface area contributed by atoms with Gasteiger partial charge in [-0.15, -0.1) is 0 Å². The second kappa shape index (κ2) is 9.20. The number of fused-ring (bicyclic) bond motifs is 1. The van der Waals surface area contributed by atoms with Gasteiger partial charge in [0.15, 0.2) is 5.65 Å². The third-order valence-electron chi connectivity index (χ3n) is 5.12. The van der Waals surface area contributed by atoms with Gasteiger partial charge in [-0.05, 0) is 44.4 Å². The number of amides is 1. The molecule has 0 saturated carbocycles. The van der Waals surface area contributed by atoms with Crippen LogP contribution in [0.1, 0.15) is 35.4 Å². The van der Waals surface area contributed by atoms with Crippen LogP contribution in [0, 0.1) is 25.2 Å². The highest BCUT2D eigenvalue weighted by Crippen LogP contribution is 2.18. The van der Waals surface area contributed by atoms with Gasteiger partial charge in [-0.2, -0.15) is 10.4 Å². The molecule has 1 amide bonds. The molecule has 1 aromatic carbocycles. The normalized spacial score (nSPS) is 10.7. The molecule has 29 heavy (non-hydrogen) atoms. The Morgan fingerprint density at radius 3 is 2.76 bits per heavy atom. The molecule has 3 aromatic rings. The summed E-state index contributed by atoms with van der Waals surface area (Å²) in [5.41, 5.74) is 4.96. The fourth-order valence-corrected chi connectivity index (χ4v) is 3.43. The average Bonchev–Trinajstić information content (AvgIpc) is 3.14. The quantitative estimate of drug-likeness (QED) is 0.598. The molecule has 2 heterocycles. The third-order valence-corrected chi connectivity index (χ3v) is 5.12. The molecular formula is C22H26N6O. The number of nitrogens with one attached hydrogen (secondary N) is 1. The number of aryl methyl sites for hydroxylation is 2. The van der Waals surface area contributed by atoms with E-state index in [1.165, 1.54) is 11.9 Å². The van der Waals surface area contributed by atoms with Crippen LogP contribution in [0.4, 0.5) is 5.69 Å². The summed E-state index contributed by atoms with van der Waals surface area (Å²) in [5, 5.41) is 16.4. The molecule has 0 aliphatic carbocycles. The summed E-state index contributed by atoms with van der Waals surface area (Å²) >= 11 is 0. The zero-order valence-corrected chi connectivity index (χ0v) is 17.1. The summed E-state index contributed by atoms with van der Waals surface area (Å²) in [6.45, 7) is 5.38. The molecule has 0 fully saturated rings. The van der Waals surface area contributed by atoms with E-state index in [-0.39, 0.29) is 5.91 Å². The third kappa shape index (κ3) is 4.72. The van der Waals surface area contributed by atoms with E-state index >= 15 is 0 Å². The highest BCUT2D eigenvalue weighted by molar-refractivity contribution is 5.76. The maximum atomic E-state index is 12.3. The van der Waals surface area contributed by atoms with Gasteiger partial charge >= 0.3 is 0 Å². The first kappa shape index (κ1) is 20.3. The molecule has 0 radical (unpaired) electrons. The largest absolute Gasteiger partial charge is 0.375 e. The van der Waals surface area contributed by atoms with Crippen LogP contribution in [-0.4, -0.2) is 40.6 Å². The lowest BCUT2D eigenvalue weighted by Crippen LogP contribution is -2.28. The molecule has 0 spiro atoms. The number of carbonyl (C=O) groups excluding carboxylic acids is 1. The SMILES string of the molecule is Cc1nc2c(C#N)cnn2c(C)c1CCC(=O)NCCCN(C)c1ccccc1. The van der Waals surface area contributed by atoms with Crippen molar-refractivity contribution in [1.29, 1.82) is 5.26 Å². The zero-order valence-electron chi connectivity index (χ0n) is 17.1. The van der Waals surface area contributed by atoms with Crippen molar-refractivity contribution in [2.45, 2.75) is 33.1 Å². The molecule has 7 nitrogen and oxygen atoms in total. The molecule has 3 rings (SSSR count). The second-order valence-corrected chi connectivity index (χ2v) is 7.13. The van der Waals surface area contributed by atoms with Crippen molar-refractivity contribution in [2.24, 2.45) is 0 Å². The number of anilines is 1. The van der Waals surface area contributed by atoms with Crippen LogP contribution < -0.4 is 10.2 Å². The predicted octanol–water partition coefficient (Wildman–Crippen LogP) is 2.79. The molecule has 1 N–H and O–H groups in total. The molecule has 0 saturated heterocycles. The van der Waals surface area contributed by atoms with Gasteiger partial charge in [0, 0.05) is 43.6 Å². The zero-order chi connectivity index (χ0) is 20.8. The lowest BCUT2D eigenvalue weighted by Gasteiger charge is -2.19. The minimum atomic E-state index is 0.0319. The van der Waals surface area contributed by atoms with Crippen LogP contribution in [0.3, 0.4) is 0 Å². The summed E-state index contributed by atoms with van der Waals surface area (Å²) in [5.74, 6) is 0.0319. The molecule has 150 valence electrons. The molecule has 0 unspecified atom stereocenters. The van der Waals surface area contributed by atoms with E-state index in [4.69, 9.17) is 5.26 Å². The minimum absolute atomic E-state index is 0.0319. The van der Waals surface area contributed by atoms with Gasteiger partial charge in [0.1, 0.15) is 11.6 Å². The van der Waals surface area contributed by atoms with Gasteiger partial charge in [0.2, 0.25) is 5.91 Å². The summed E-state index contributed by atoms with van der Waals surface area (Å²) in [7, 11) is 2.05. The number of benzene rings is 1.